The van der Waals surface area contributed by atoms with Gasteiger partial charge in [0.15, 0.2) is 15.6 Å². The lowest BCUT2D eigenvalue weighted by molar-refractivity contribution is -0.112. The molecule has 2 aromatic rings. The van der Waals surface area contributed by atoms with Crippen LogP contribution in [0.4, 0.5) is 0 Å². The Morgan fingerprint density at radius 3 is 1.90 bits per heavy atom. The topological polar surface area (TPSA) is 51.2 Å². The van der Waals surface area contributed by atoms with Crippen molar-refractivity contribution in [3.8, 4) is 11.1 Å². The van der Waals surface area contributed by atoms with Crippen molar-refractivity contribution in [1.29, 1.82) is 0 Å². The van der Waals surface area contributed by atoms with E-state index >= 15 is 0 Å². The SMILES string of the molecule is O=C1C=CC2(c3ccccc3-c3ccccc32)S(=O)(=O)C1. The zero-order chi connectivity index (χ0) is 14.7. The molecule has 3 nitrogen and oxygen atoms in total. The van der Waals surface area contributed by atoms with E-state index in [1.807, 2.05) is 48.5 Å². The lowest BCUT2D eigenvalue weighted by Gasteiger charge is -2.30. The van der Waals surface area contributed by atoms with E-state index < -0.39 is 20.3 Å². The van der Waals surface area contributed by atoms with Crippen LogP contribution in [0.3, 0.4) is 0 Å². The number of sulfone groups is 1. The molecule has 0 aromatic heterocycles. The first kappa shape index (κ1) is 12.5. The molecule has 1 spiro atoms. The Bertz CT molecular complexity index is 862. The van der Waals surface area contributed by atoms with Gasteiger partial charge in [-0.15, -0.1) is 0 Å². The molecule has 0 saturated heterocycles. The summed E-state index contributed by atoms with van der Waals surface area (Å²) in [7, 11) is -3.64. The average Bonchev–Trinajstić information content (AvgIpc) is 2.76. The van der Waals surface area contributed by atoms with Gasteiger partial charge in [-0.3, -0.25) is 4.79 Å². The molecule has 104 valence electrons. The summed E-state index contributed by atoms with van der Waals surface area (Å²) in [6.45, 7) is 0. The second-order valence-corrected chi connectivity index (χ2v) is 7.55. The van der Waals surface area contributed by atoms with Crippen LogP contribution in [0.1, 0.15) is 11.1 Å². The largest absolute Gasteiger partial charge is 0.294 e. The Balaban J connectivity index is 2.20. The molecule has 0 saturated carbocycles. The maximum Gasteiger partial charge on any atom is 0.175 e. The number of allylic oxidation sites excluding steroid dienone is 1. The summed E-state index contributed by atoms with van der Waals surface area (Å²) in [6, 6.07) is 15.0. The van der Waals surface area contributed by atoms with Crippen LogP contribution in [0.15, 0.2) is 60.7 Å². The first-order valence-electron chi connectivity index (χ1n) is 6.70. The molecule has 0 amide bonds. The van der Waals surface area contributed by atoms with Gasteiger partial charge in [-0.1, -0.05) is 54.6 Å². The quantitative estimate of drug-likeness (QED) is 0.750. The van der Waals surface area contributed by atoms with Crippen LogP contribution in [0.25, 0.3) is 11.1 Å². The van der Waals surface area contributed by atoms with Crippen molar-refractivity contribution >= 4 is 15.6 Å². The smallest absolute Gasteiger partial charge is 0.175 e. The molecule has 1 heterocycles. The van der Waals surface area contributed by atoms with E-state index in [0.717, 1.165) is 22.3 Å². The Morgan fingerprint density at radius 1 is 0.857 bits per heavy atom. The van der Waals surface area contributed by atoms with Crippen LogP contribution >= 0.6 is 0 Å². The summed E-state index contributed by atoms with van der Waals surface area (Å²) in [5, 5.41) is 0. The Morgan fingerprint density at radius 2 is 1.38 bits per heavy atom. The second-order valence-electron chi connectivity index (χ2n) is 5.39. The molecule has 4 heteroatoms. The number of benzene rings is 2. The van der Waals surface area contributed by atoms with Gasteiger partial charge in [0.1, 0.15) is 10.5 Å². The Labute approximate surface area is 122 Å². The predicted octanol–water partition coefficient (Wildman–Crippen LogP) is 2.46. The number of fused-ring (bicyclic) bond motifs is 5. The summed E-state index contributed by atoms with van der Waals surface area (Å²) in [4.78, 5) is 11.6. The highest BCUT2D eigenvalue weighted by molar-refractivity contribution is 7.93. The van der Waals surface area contributed by atoms with Crippen LogP contribution in [0.2, 0.25) is 0 Å². The van der Waals surface area contributed by atoms with Crippen molar-refractivity contribution in [2.45, 2.75) is 4.75 Å². The number of hydrogen-bond acceptors (Lipinski definition) is 3. The highest BCUT2D eigenvalue weighted by Gasteiger charge is 2.53. The summed E-state index contributed by atoms with van der Waals surface area (Å²) in [6.07, 6.45) is 2.96. The van der Waals surface area contributed by atoms with Crippen molar-refractivity contribution in [2.75, 3.05) is 5.75 Å². The Kier molecular flexibility index (Phi) is 2.34. The van der Waals surface area contributed by atoms with Crippen LogP contribution in [0, 0.1) is 0 Å². The van der Waals surface area contributed by atoms with E-state index in [2.05, 4.69) is 0 Å². The van der Waals surface area contributed by atoms with E-state index in [9.17, 15) is 13.2 Å². The number of carbonyl (C=O) groups excluding carboxylic acids is 1. The molecule has 4 rings (SSSR count). The summed E-state index contributed by atoms with van der Waals surface area (Å²) in [5.74, 6) is -0.797. The molecule has 1 aliphatic carbocycles. The molecule has 0 fully saturated rings. The van der Waals surface area contributed by atoms with Crippen molar-refractivity contribution in [2.24, 2.45) is 0 Å². The predicted molar refractivity (Wildman–Crippen MR) is 80.6 cm³/mol. The van der Waals surface area contributed by atoms with Crippen LogP contribution < -0.4 is 0 Å². The normalized spacial score (nSPS) is 20.3. The minimum atomic E-state index is -3.64. The molecule has 0 bridgehead atoms. The van der Waals surface area contributed by atoms with Gasteiger partial charge in [0.25, 0.3) is 0 Å². The van der Waals surface area contributed by atoms with E-state index in [4.69, 9.17) is 0 Å². The van der Waals surface area contributed by atoms with Gasteiger partial charge in [0.05, 0.1) is 0 Å². The van der Waals surface area contributed by atoms with E-state index in [-0.39, 0.29) is 5.78 Å². The monoisotopic (exact) mass is 296 g/mol. The maximum absolute atomic E-state index is 12.9. The third-order valence-electron chi connectivity index (χ3n) is 4.27. The summed E-state index contributed by atoms with van der Waals surface area (Å²) >= 11 is 0. The molecule has 0 radical (unpaired) electrons. The van der Waals surface area contributed by atoms with Gasteiger partial charge in [-0.25, -0.2) is 8.42 Å². The van der Waals surface area contributed by atoms with Crippen LogP contribution in [0.5, 0.6) is 0 Å². The van der Waals surface area contributed by atoms with Gasteiger partial charge < -0.3 is 0 Å². The zero-order valence-electron chi connectivity index (χ0n) is 11.1. The minimum absolute atomic E-state index is 0.359. The highest BCUT2D eigenvalue weighted by Crippen LogP contribution is 2.53. The minimum Gasteiger partial charge on any atom is -0.294 e. The number of ketones is 1. The molecule has 0 N–H and O–H groups in total. The molecule has 1 aliphatic heterocycles. The summed E-state index contributed by atoms with van der Waals surface area (Å²) < 4.78 is 24.5. The van der Waals surface area contributed by atoms with E-state index in [0.29, 0.717) is 0 Å². The lowest BCUT2D eigenvalue weighted by Crippen LogP contribution is -2.40. The van der Waals surface area contributed by atoms with Crippen molar-refractivity contribution < 1.29 is 13.2 Å². The molecule has 2 aromatic carbocycles. The number of rotatable bonds is 0. The van der Waals surface area contributed by atoms with Crippen LogP contribution in [-0.4, -0.2) is 20.0 Å². The van der Waals surface area contributed by atoms with E-state index in [1.54, 1.807) is 6.08 Å². The molecular formula is C17H12O3S. The van der Waals surface area contributed by atoms with E-state index in [1.165, 1.54) is 6.08 Å². The Hall–Kier alpha value is -2.20. The molecule has 0 unspecified atom stereocenters. The standard InChI is InChI=1S/C17H12O3S/c18-12-9-10-17(21(19,20)11-12)15-7-3-1-5-13(15)14-6-2-4-8-16(14)17/h1-10H,11H2. The molecule has 2 aliphatic rings. The lowest BCUT2D eigenvalue weighted by atomic mass is 9.94. The third-order valence-corrected chi connectivity index (χ3v) is 6.49. The fourth-order valence-corrected chi connectivity index (χ4v) is 5.41. The van der Waals surface area contributed by atoms with Crippen LogP contribution in [-0.2, 0) is 19.4 Å². The van der Waals surface area contributed by atoms with Gasteiger partial charge in [0, 0.05) is 0 Å². The fraction of sp³-hybridized carbons (Fsp3) is 0.118. The number of hydrogen-bond donors (Lipinski definition) is 0. The second kappa shape index (κ2) is 3.92. The van der Waals surface area contributed by atoms with Gasteiger partial charge in [-0.05, 0) is 28.3 Å². The van der Waals surface area contributed by atoms with Gasteiger partial charge in [-0.2, -0.15) is 0 Å². The van der Waals surface area contributed by atoms with Gasteiger partial charge >= 0.3 is 0 Å². The van der Waals surface area contributed by atoms with Gasteiger partial charge in [0.2, 0.25) is 0 Å². The van der Waals surface area contributed by atoms with Crippen molar-refractivity contribution in [3.05, 3.63) is 71.8 Å². The molecular weight excluding hydrogens is 284 g/mol. The van der Waals surface area contributed by atoms with Crippen molar-refractivity contribution in [3.63, 3.8) is 0 Å². The molecule has 21 heavy (non-hydrogen) atoms. The third kappa shape index (κ3) is 1.43. The maximum atomic E-state index is 12.9. The highest BCUT2D eigenvalue weighted by atomic mass is 32.2. The zero-order valence-corrected chi connectivity index (χ0v) is 11.9. The fourth-order valence-electron chi connectivity index (χ4n) is 3.41. The van der Waals surface area contributed by atoms with Crippen molar-refractivity contribution in [1.82, 2.24) is 0 Å². The number of carbonyl (C=O) groups is 1. The summed E-state index contributed by atoms with van der Waals surface area (Å²) in [5.41, 5.74) is 3.34. The average molecular weight is 296 g/mol. The first-order chi connectivity index (χ1) is 10.1. The molecule has 0 atom stereocenters. The first-order valence-corrected chi connectivity index (χ1v) is 8.35.